The van der Waals surface area contributed by atoms with Gasteiger partial charge in [-0.25, -0.2) is 0 Å². The molecule has 0 amide bonds. The molecule has 2 heterocycles. The van der Waals surface area contributed by atoms with Gasteiger partial charge >= 0.3 is 0 Å². The maximum Gasteiger partial charge on any atom is 0.243 e. The molecule has 0 aliphatic carbocycles. The van der Waals surface area contributed by atoms with Gasteiger partial charge in [0.05, 0.1) is 5.69 Å². The number of H-pyrrole nitrogens is 1. The molecule has 0 aliphatic heterocycles. The minimum atomic E-state index is -0.0288. The van der Waals surface area contributed by atoms with Crippen LogP contribution in [0.4, 0.5) is 0 Å². The SMILES string of the molecule is CC(=O)c1c(C)[nH]c(C(=O)C[n+]2ccc(Cc3ccccc3)cc2)c1C. The van der Waals surface area contributed by atoms with E-state index in [9.17, 15) is 9.59 Å². The zero-order chi connectivity index (χ0) is 18.7. The number of carbonyl (C=O) groups is 2. The Bertz CT molecular complexity index is 938. The molecule has 0 bridgehead atoms. The lowest BCUT2D eigenvalue weighted by atomic mass is 10.1. The van der Waals surface area contributed by atoms with E-state index in [1.165, 1.54) is 18.1 Å². The third-order valence-electron chi connectivity index (χ3n) is 4.61. The molecule has 3 rings (SSSR count). The standard InChI is InChI=1S/C22H22N2O2/c1-15-21(17(3)25)16(2)23-22(15)20(26)14-24-11-9-19(10-12-24)13-18-7-5-4-6-8-18/h4-12H,13-14H2,1-3H3/p+1. The van der Waals surface area contributed by atoms with Crippen LogP contribution in [-0.4, -0.2) is 16.6 Å². The number of carbonyl (C=O) groups excluding carboxylic acids is 2. The molecular weight excluding hydrogens is 324 g/mol. The van der Waals surface area contributed by atoms with Gasteiger partial charge in [-0.1, -0.05) is 30.3 Å². The second-order valence-corrected chi connectivity index (χ2v) is 6.65. The Hall–Kier alpha value is -3.01. The summed E-state index contributed by atoms with van der Waals surface area (Å²) in [4.78, 5) is 27.4. The summed E-state index contributed by atoms with van der Waals surface area (Å²) in [5, 5.41) is 0. The summed E-state index contributed by atoms with van der Waals surface area (Å²) >= 11 is 0. The molecule has 3 aromatic rings. The van der Waals surface area contributed by atoms with Gasteiger partial charge < -0.3 is 4.98 Å². The van der Waals surface area contributed by atoms with Crippen LogP contribution in [0.1, 0.15) is 50.2 Å². The van der Waals surface area contributed by atoms with Crippen LogP contribution >= 0.6 is 0 Å². The van der Waals surface area contributed by atoms with E-state index in [1.807, 2.05) is 61.1 Å². The maximum atomic E-state index is 12.6. The second kappa shape index (κ2) is 7.48. The van der Waals surface area contributed by atoms with E-state index in [1.54, 1.807) is 0 Å². The fourth-order valence-electron chi connectivity index (χ4n) is 3.34. The van der Waals surface area contributed by atoms with Crippen LogP contribution in [0, 0.1) is 13.8 Å². The molecule has 0 spiro atoms. The highest BCUT2D eigenvalue weighted by Gasteiger charge is 2.22. The van der Waals surface area contributed by atoms with E-state index in [0.29, 0.717) is 11.3 Å². The highest BCUT2D eigenvalue weighted by atomic mass is 16.1. The lowest BCUT2D eigenvalue weighted by molar-refractivity contribution is -0.683. The van der Waals surface area contributed by atoms with Gasteiger partial charge in [-0.05, 0) is 43.9 Å². The highest BCUT2D eigenvalue weighted by Crippen LogP contribution is 2.19. The number of nitrogens with one attached hydrogen (secondary N) is 1. The first-order valence-electron chi connectivity index (χ1n) is 8.71. The van der Waals surface area contributed by atoms with Crippen LogP contribution in [0.3, 0.4) is 0 Å². The van der Waals surface area contributed by atoms with Crippen molar-refractivity contribution in [2.75, 3.05) is 0 Å². The normalized spacial score (nSPS) is 10.7. The molecule has 1 aromatic carbocycles. The average Bonchev–Trinajstić information content (AvgIpc) is 2.92. The number of hydrogen-bond donors (Lipinski definition) is 1. The molecule has 4 heteroatoms. The van der Waals surface area contributed by atoms with Gasteiger partial charge in [-0.3, -0.25) is 9.59 Å². The van der Waals surface area contributed by atoms with Crippen molar-refractivity contribution in [3.8, 4) is 0 Å². The van der Waals surface area contributed by atoms with Gasteiger partial charge in [0.15, 0.2) is 18.2 Å². The number of nitrogens with zero attached hydrogens (tertiary/aromatic N) is 1. The Morgan fingerprint density at radius 3 is 2.15 bits per heavy atom. The molecular formula is C22H23N2O2+. The quantitative estimate of drug-likeness (QED) is 0.547. The van der Waals surface area contributed by atoms with Crippen molar-refractivity contribution in [1.82, 2.24) is 4.98 Å². The molecule has 4 nitrogen and oxygen atoms in total. The van der Waals surface area contributed by atoms with Crippen molar-refractivity contribution in [3.63, 3.8) is 0 Å². The number of rotatable bonds is 6. The van der Waals surface area contributed by atoms with E-state index >= 15 is 0 Å². The Labute approximate surface area is 153 Å². The topological polar surface area (TPSA) is 53.8 Å². The number of Topliss-reactive ketones (excluding diaryl/α,β-unsaturated/α-hetero) is 2. The summed E-state index contributed by atoms with van der Waals surface area (Å²) in [6, 6.07) is 14.4. The van der Waals surface area contributed by atoms with Crippen LogP contribution in [-0.2, 0) is 13.0 Å². The fourth-order valence-corrected chi connectivity index (χ4v) is 3.34. The molecule has 0 saturated carbocycles. The van der Waals surface area contributed by atoms with Crippen molar-refractivity contribution < 1.29 is 14.2 Å². The Balaban J connectivity index is 1.72. The number of benzene rings is 1. The van der Waals surface area contributed by atoms with Gasteiger partial charge in [0, 0.05) is 23.4 Å². The van der Waals surface area contributed by atoms with Crippen LogP contribution < -0.4 is 4.57 Å². The van der Waals surface area contributed by atoms with E-state index in [0.717, 1.165) is 17.7 Å². The van der Waals surface area contributed by atoms with Crippen LogP contribution in [0.2, 0.25) is 0 Å². The summed E-state index contributed by atoms with van der Waals surface area (Å²) in [6.07, 6.45) is 4.72. The van der Waals surface area contributed by atoms with Crippen LogP contribution in [0.15, 0.2) is 54.9 Å². The van der Waals surface area contributed by atoms with Crippen molar-refractivity contribution in [3.05, 3.63) is 88.5 Å². The molecule has 0 radical (unpaired) electrons. The van der Waals surface area contributed by atoms with Crippen molar-refractivity contribution in [2.24, 2.45) is 0 Å². The molecule has 0 fully saturated rings. The maximum absolute atomic E-state index is 12.6. The molecule has 0 aliphatic rings. The Morgan fingerprint density at radius 1 is 0.962 bits per heavy atom. The molecule has 26 heavy (non-hydrogen) atoms. The minimum absolute atomic E-state index is 0.0202. The van der Waals surface area contributed by atoms with E-state index in [2.05, 4.69) is 17.1 Å². The third kappa shape index (κ3) is 3.80. The molecule has 1 N–H and O–H groups in total. The first kappa shape index (κ1) is 17.8. The van der Waals surface area contributed by atoms with Crippen molar-refractivity contribution in [1.29, 1.82) is 0 Å². The van der Waals surface area contributed by atoms with Gasteiger partial charge in [0.25, 0.3) is 0 Å². The summed E-state index contributed by atoms with van der Waals surface area (Å²) in [6.45, 7) is 5.41. The predicted molar refractivity (Wildman–Crippen MR) is 100 cm³/mol. The first-order chi connectivity index (χ1) is 12.5. The molecule has 0 saturated heterocycles. The van der Waals surface area contributed by atoms with E-state index < -0.39 is 0 Å². The lowest BCUT2D eigenvalue weighted by Crippen LogP contribution is -2.37. The second-order valence-electron chi connectivity index (χ2n) is 6.65. The van der Waals surface area contributed by atoms with Crippen molar-refractivity contribution in [2.45, 2.75) is 33.7 Å². The van der Waals surface area contributed by atoms with Gasteiger partial charge in [-0.15, -0.1) is 0 Å². The third-order valence-corrected chi connectivity index (χ3v) is 4.61. The van der Waals surface area contributed by atoms with Crippen molar-refractivity contribution >= 4 is 11.6 Å². The van der Waals surface area contributed by atoms with Gasteiger partial charge in [0.2, 0.25) is 12.3 Å². The summed E-state index contributed by atoms with van der Waals surface area (Å²) in [5.41, 5.74) is 5.09. The summed E-state index contributed by atoms with van der Waals surface area (Å²) in [5.74, 6) is -0.0490. The zero-order valence-electron chi connectivity index (χ0n) is 15.4. The number of pyridine rings is 1. The van der Waals surface area contributed by atoms with Gasteiger partial charge in [0.1, 0.15) is 0 Å². The summed E-state index contributed by atoms with van der Waals surface area (Å²) < 4.78 is 1.86. The zero-order valence-corrected chi connectivity index (χ0v) is 15.4. The fraction of sp³-hybridized carbons (Fsp3) is 0.227. The monoisotopic (exact) mass is 347 g/mol. The Morgan fingerprint density at radius 2 is 1.58 bits per heavy atom. The molecule has 0 atom stereocenters. The van der Waals surface area contributed by atoms with Crippen LogP contribution in [0.25, 0.3) is 0 Å². The first-order valence-corrected chi connectivity index (χ1v) is 8.71. The van der Waals surface area contributed by atoms with E-state index in [4.69, 9.17) is 0 Å². The van der Waals surface area contributed by atoms with E-state index in [-0.39, 0.29) is 18.1 Å². The number of ketones is 2. The summed E-state index contributed by atoms with van der Waals surface area (Å²) in [7, 11) is 0. The van der Waals surface area contributed by atoms with Crippen LogP contribution in [0.5, 0.6) is 0 Å². The minimum Gasteiger partial charge on any atom is -0.355 e. The molecule has 132 valence electrons. The van der Waals surface area contributed by atoms with Gasteiger partial charge in [-0.2, -0.15) is 4.57 Å². The number of aryl methyl sites for hydroxylation is 1. The smallest absolute Gasteiger partial charge is 0.243 e. The lowest BCUT2D eigenvalue weighted by Gasteiger charge is -2.02. The number of aromatic amines is 1. The average molecular weight is 347 g/mol. The molecule has 2 aromatic heterocycles. The Kier molecular flexibility index (Phi) is 5.12. The molecule has 0 unspecified atom stereocenters. The number of hydrogen-bond acceptors (Lipinski definition) is 2. The highest BCUT2D eigenvalue weighted by molar-refractivity contribution is 6.02. The number of aromatic nitrogens is 2. The predicted octanol–water partition coefficient (Wildman–Crippen LogP) is 3.60. The largest absolute Gasteiger partial charge is 0.355 e.